The van der Waals surface area contributed by atoms with Crippen LogP contribution in [0.5, 0.6) is 5.75 Å². The van der Waals surface area contributed by atoms with Crippen LogP contribution in [0.15, 0.2) is 18.2 Å². The molecular formula is C16H19Cl2NO2. The number of nitrogens with zero attached hydrogens (tertiary/aromatic N) is 1. The van der Waals surface area contributed by atoms with E-state index < -0.39 is 0 Å². The predicted molar refractivity (Wildman–Crippen MR) is 84.0 cm³/mol. The normalized spacial score (nSPS) is 19.2. The summed E-state index contributed by atoms with van der Waals surface area (Å²) in [5, 5.41) is 0.868. The quantitative estimate of drug-likeness (QED) is 0.785. The van der Waals surface area contributed by atoms with E-state index in [4.69, 9.17) is 27.9 Å². The third-order valence-electron chi connectivity index (χ3n) is 4.23. The molecule has 5 heteroatoms. The highest BCUT2D eigenvalue weighted by Crippen LogP contribution is 2.40. The Morgan fingerprint density at radius 2 is 1.90 bits per heavy atom. The van der Waals surface area contributed by atoms with Crippen molar-refractivity contribution in [2.24, 2.45) is 5.92 Å². The van der Waals surface area contributed by atoms with Crippen LogP contribution >= 0.6 is 23.2 Å². The summed E-state index contributed by atoms with van der Waals surface area (Å²) in [4.78, 5) is 14.5. The van der Waals surface area contributed by atoms with E-state index in [2.05, 4.69) is 6.92 Å². The zero-order chi connectivity index (χ0) is 15.0. The van der Waals surface area contributed by atoms with Crippen molar-refractivity contribution in [3.05, 3.63) is 28.2 Å². The number of rotatable bonds is 6. The molecule has 1 amide bonds. The first kappa shape index (κ1) is 15.0. The lowest BCUT2D eigenvalue weighted by Crippen LogP contribution is -2.44. The van der Waals surface area contributed by atoms with Gasteiger partial charge in [-0.15, -0.1) is 0 Å². The standard InChI is InChI=1S/C16H19Cl2NO2/c1-10(11-5-6-11)19(12-7-8-12)15(20)9-21-16-13(17)3-2-4-14(16)18/h2-4,10-12H,5-9H2,1H3. The molecule has 0 saturated heterocycles. The summed E-state index contributed by atoms with van der Waals surface area (Å²) in [6.07, 6.45) is 4.68. The van der Waals surface area contributed by atoms with Crippen LogP contribution in [-0.4, -0.2) is 29.5 Å². The summed E-state index contributed by atoms with van der Waals surface area (Å²) >= 11 is 12.1. The summed E-state index contributed by atoms with van der Waals surface area (Å²) in [7, 11) is 0. The first-order chi connectivity index (χ1) is 10.1. The highest BCUT2D eigenvalue weighted by Gasteiger charge is 2.41. The minimum absolute atomic E-state index is 0.00296. The number of amides is 1. The zero-order valence-electron chi connectivity index (χ0n) is 12.0. The van der Waals surface area contributed by atoms with E-state index in [0.29, 0.717) is 33.8 Å². The molecule has 2 fully saturated rings. The van der Waals surface area contributed by atoms with Crippen molar-refractivity contribution in [1.29, 1.82) is 0 Å². The Kier molecular flexibility index (Phi) is 4.32. The maximum Gasteiger partial charge on any atom is 0.261 e. The molecule has 114 valence electrons. The van der Waals surface area contributed by atoms with E-state index in [1.807, 2.05) is 4.90 Å². The second-order valence-corrected chi connectivity index (χ2v) is 6.76. The molecule has 1 atom stereocenters. The number of halogens is 2. The number of carbonyl (C=O) groups is 1. The number of benzene rings is 1. The van der Waals surface area contributed by atoms with Gasteiger partial charge in [0, 0.05) is 12.1 Å². The van der Waals surface area contributed by atoms with E-state index in [1.54, 1.807) is 18.2 Å². The molecule has 0 radical (unpaired) electrons. The minimum Gasteiger partial charge on any atom is -0.481 e. The SMILES string of the molecule is CC(C1CC1)N(C(=O)COc1c(Cl)cccc1Cl)C1CC1. The molecule has 2 aliphatic rings. The van der Waals surface area contributed by atoms with Gasteiger partial charge in [-0.3, -0.25) is 4.79 Å². The van der Waals surface area contributed by atoms with E-state index in [-0.39, 0.29) is 12.5 Å². The molecule has 3 nitrogen and oxygen atoms in total. The third kappa shape index (κ3) is 3.46. The molecule has 0 spiro atoms. The van der Waals surface area contributed by atoms with Gasteiger partial charge < -0.3 is 9.64 Å². The maximum atomic E-state index is 12.5. The Morgan fingerprint density at radius 1 is 1.29 bits per heavy atom. The number of ether oxygens (including phenoxy) is 1. The average molecular weight is 328 g/mol. The fraction of sp³-hybridized carbons (Fsp3) is 0.562. The van der Waals surface area contributed by atoms with Gasteiger partial charge in [-0.05, 0) is 50.7 Å². The molecular weight excluding hydrogens is 309 g/mol. The van der Waals surface area contributed by atoms with Gasteiger partial charge in [-0.1, -0.05) is 29.3 Å². The van der Waals surface area contributed by atoms with Crippen LogP contribution in [-0.2, 0) is 4.79 Å². The third-order valence-corrected chi connectivity index (χ3v) is 4.83. The van der Waals surface area contributed by atoms with Crippen molar-refractivity contribution in [2.75, 3.05) is 6.61 Å². The van der Waals surface area contributed by atoms with E-state index in [9.17, 15) is 4.79 Å². The highest BCUT2D eigenvalue weighted by molar-refractivity contribution is 6.37. The van der Waals surface area contributed by atoms with E-state index in [1.165, 1.54) is 12.8 Å². The molecule has 0 aromatic heterocycles. The largest absolute Gasteiger partial charge is 0.481 e. The van der Waals surface area contributed by atoms with Crippen molar-refractivity contribution in [2.45, 2.75) is 44.7 Å². The first-order valence-electron chi connectivity index (χ1n) is 7.46. The van der Waals surface area contributed by atoms with E-state index in [0.717, 1.165) is 12.8 Å². The summed E-state index contributed by atoms with van der Waals surface area (Å²) in [6, 6.07) is 5.89. The van der Waals surface area contributed by atoms with Crippen LogP contribution in [0.25, 0.3) is 0 Å². The lowest BCUT2D eigenvalue weighted by molar-refractivity contribution is -0.136. The van der Waals surface area contributed by atoms with Gasteiger partial charge in [0.25, 0.3) is 5.91 Å². The Morgan fingerprint density at radius 3 is 2.43 bits per heavy atom. The predicted octanol–water partition coefficient (Wildman–Crippen LogP) is 4.16. The zero-order valence-corrected chi connectivity index (χ0v) is 13.5. The van der Waals surface area contributed by atoms with Crippen molar-refractivity contribution in [1.82, 2.24) is 4.90 Å². The summed E-state index contributed by atoms with van der Waals surface area (Å²) in [5.74, 6) is 1.09. The monoisotopic (exact) mass is 327 g/mol. The van der Waals surface area contributed by atoms with Crippen molar-refractivity contribution < 1.29 is 9.53 Å². The molecule has 0 N–H and O–H groups in total. The lowest BCUT2D eigenvalue weighted by Gasteiger charge is -2.29. The molecule has 0 bridgehead atoms. The Bertz CT molecular complexity index is 521. The first-order valence-corrected chi connectivity index (χ1v) is 8.21. The Labute approximate surface area is 135 Å². The number of carbonyl (C=O) groups excluding carboxylic acids is 1. The van der Waals surface area contributed by atoms with Gasteiger partial charge in [0.2, 0.25) is 0 Å². The van der Waals surface area contributed by atoms with Crippen LogP contribution in [0, 0.1) is 5.92 Å². The lowest BCUT2D eigenvalue weighted by atomic mass is 10.1. The minimum atomic E-state index is -0.00296. The Hall–Kier alpha value is -0.930. The average Bonchev–Trinajstić information content (AvgIpc) is 3.30. The molecule has 0 heterocycles. The van der Waals surface area contributed by atoms with Gasteiger partial charge in [0.15, 0.2) is 12.4 Å². The van der Waals surface area contributed by atoms with Crippen molar-refractivity contribution >= 4 is 29.1 Å². The molecule has 1 aromatic rings. The molecule has 3 rings (SSSR count). The van der Waals surface area contributed by atoms with Crippen molar-refractivity contribution in [3.8, 4) is 5.75 Å². The van der Waals surface area contributed by atoms with Gasteiger partial charge in [-0.25, -0.2) is 0 Å². The smallest absolute Gasteiger partial charge is 0.261 e. The Balaban J connectivity index is 1.64. The number of hydrogen-bond acceptors (Lipinski definition) is 2. The van der Waals surface area contributed by atoms with Crippen LogP contribution < -0.4 is 4.74 Å². The number of para-hydroxylation sites is 1. The summed E-state index contributed by atoms with van der Waals surface area (Å²) < 4.78 is 5.58. The van der Waals surface area contributed by atoms with Crippen LogP contribution in [0.1, 0.15) is 32.6 Å². The number of hydrogen-bond donors (Lipinski definition) is 0. The van der Waals surface area contributed by atoms with Gasteiger partial charge >= 0.3 is 0 Å². The van der Waals surface area contributed by atoms with Crippen molar-refractivity contribution in [3.63, 3.8) is 0 Å². The second-order valence-electron chi connectivity index (χ2n) is 5.95. The maximum absolute atomic E-state index is 12.5. The van der Waals surface area contributed by atoms with Gasteiger partial charge in [0.05, 0.1) is 10.0 Å². The fourth-order valence-corrected chi connectivity index (χ4v) is 3.26. The molecule has 0 aliphatic heterocycles. The summed E-state index contributed by atoms with van der Waals surface area (Å²) in [5.41, 5.74) is 0. The second kappa shape index (κ2) is 6.05. The topological polar surface area (TPSA) is 29.5 Å². The van der Waals surface area contributed by atoms with Gasteiger partial charge in [0.1, 0.15) is 0 Å². The molecule has 1 unspecified atom stereocenters. The molecule has 21 heavy (non-hydrogen) atoms. The summed E-state index contributed by atoms with van der Waals surface area (Å²) in [6.45, 7) is 2.15. The highest BCUT2D eigenvalue weighted by atomic mass is 35.5. The van der Waals surface area contributed by atoms with Crippen LogP contribution in [0.4, 0.5) is 0 Å². The molecule has 2 aliphatic carbocycles. The van der Waals surface area contributed by atoms with Crippen LogP contribution in [0.3, 0.4) is 0 Å². The van der Waals surface area contributed by atoms with E-state index >= 15 is 0 Å². The van der Waals surface area contributed by atoms with Gasteiger partial charge in [-0.2, -0.15) is 0 Å². The fourth-order valence-electron chi connectivity index (χ4n) is 2.75. The van der Waals surface area contributed by atoms with Crippen LogP contribution in [0.2, 0.25) is 10.0 Å². The molecule has 1 aromatic carbocycles. The molecule has 2 saturated carbocycles.